The standard InChI is InChI=1S/C11H19N3O4/c1-4-6-18-7-5-14-9(8-16-2)10(12-13-14)11(15)17-3/h4-8H2,1-3H3. The first-order valence-corrected chi connectivity index (χ1v) is 5.81. The molecule has 7 nitrogen and oxygen atoms in total. The molecule has 1 heterocycles. The quantitative estimate of drug-likeness (QED) is 0.502. The van der Waals surface area contributed by atoms with Crippen molar-refractivity contribution in [3.05, 3.63) is 11.4 Å². The summed E-state index contributed by atoms with van der Waals surface area (Å²) in [5.41, 5.74) is 0.791. The number of ether oxygens (including phenoxy) is 3. The van der Waals surface area contributed by atoms with Crippen molar-refractivity contribution in [1.29, 1.82) is 0 Å². The summed E-state index contributed by atoms with van der Waals surface area (Å²) in [6.45, 7) is 4.06. The highest BCUT2D eigenvalue weighted by molar-refractivity contribution is 5.88. The molecular formula is C11H19N3O4. The lowest BCUT2D eigenvalue weighted by Crippen LogP contribution is -2.13. The predicted octanol–water partition coefficient (Wildman–Crippen LogP) is 0.638. The van der Waals surface area contributed by atoms with Crippen LogP contribution in [0.5, 0.6) is 0 Å². The summed E-state index contributed by atoms with van der Waals surface area (Å²) in [5.74, 6) is -0.511. The molecule has 102 valence electrons. The molecule has 0 amide bonds. The zero-order chi connectivity index (χ0) is 13.4. The van der Waals surface area contributed by atoms with Gasteiger partial charge in [0.25, 0.3) is 0 Å². The molecule has 1 aromatic rings. The number of rotatable bonds is 8. The van der Waals surface area contributed by atoms with Crippen molar-refractivity contribution < 1.29 is 19.0 Å². The van der Waals surface area contributed by atoms with E-state index in [1.54, 1.807) is 11.8 Å². The second-order valence-electron chi connectivity index (χ2n) is 3.64. The molecule has 0 unspecified atom stereocenters. The van der Waals surface area contributed by atoms with Gasteiger partial charge in [0.05, 0.1) is 32.6 Å². The fraction of sp³-hybridized carbons (Fsp3) is 0.727. The fourth-order valence-electron chi connectivity index (χ4n) is 1.44. The van der Waals surface area contributed by atoms with Gasteiger partial charge < -0.3 is 14.2 Å². The van der Waals surface area contributed by atoms with Crippen LogP contribution in [-0.4, -0.2) is 48.4 Å². The van der Waals surface area contributed by atoms with Crippen molar-refractivity contribution in [1.82, 2.24) is 15.0 Å². The van der Waals surface area contributed by atoms with E-state index in [1.807, 2.05) is 6.92 Å². The molecular weight excluding hydrogens is 238 g/mol. The zero-order valence-corrected chi connectivity index (χ0v) is 11.0. The molecule has 7 heteroatoms. The van der Waals surface area contributed by atoms with Crippen LogP contribution in [0.4, 0.5) is 0 Å². The summed E-state index contributed by atoms with van der Waals surface area (Å²) < 4.78 is 16.7. The minimum atomic E-state index is -0.511. The Balaban J connectivity index is 2.71. The number of carbonyl (C=O) groups excluding carboxylic acids is 1. The maximum atomic E-state index is 11.5. The van der Waals surface area contributed by atoms with E-state index < -0.39 is 5.97 Å². The van der Waals surface area contributed by atoms with Gasteiger partial charge in [-0.1, -0.05) is 12.1 Å². The van der Waals surface area contributed by atoms with Crippen molar-refractivity contribution in [2.75, 3.05) is 27.4 Å². The smallest absolute Gasteiger partial charge is 0.360 e. The predicted molar refractivity (Wildman–Crippen MR) is 63.2 cm³/mol. The molecule has 0 aliphatic carbocycles. The van der Waals surface area contributed by atoms with Crippen LogP contribution >= 0.6 is 0 Å². The van der Waals surface area contributed by atoms with Crippen LogP contribution in [0.2, 0.25) is 0 Å². The van der Waals surface area contributed by atoms with Crippen LogP contribution in [0.1, 0.15) is 29.5 Å². The lowest BCUT2D eigenvalue weighted by molar-refractivity contribution is 0.0588. The average Bonchev–Trinajstić information content (AvgIpc) is 2.77. The van der Waals surface area contributed by atoms with Crippen LogP contribution < -0.4 is 0 Å². The number of methoxy groups -OCH3 is 2. The molecule has 0 aliphatic heterocycles. The summed E-state index contributed by atoms with van der Waals surface area (Å²) in [7, 11) is 2.86. The van der Waals surface area contributed by atoms with E-state index in [9.17, 15) is 4.79 Å². The van der Waals surface area contributed by atoms with E-state index >= 15 is 0 Å². The Morgan fingerprint density at radius 1 is 1.33 bits per heavy atom. The summed E-state index contributed by atoms with van der Waals surface area (Å²) in [5, 5.41) is 7.71. The topological polar surface area (TPSA) is 75.5 Å². The minimum Gasteiger partial charge on any atom is -0.464 e. The van der Waals surface area contributed by atoms with Gasteiger partial charge in [0.15, 0.2) is 5.69 Å². The lowest BCUT2D eigenvalue weighted by Gasteiger charge is -2.07. The van der Waals surface area contributed by atoms with Gasteiger partial charge in [-0.05, 0) is 6.42 Å². The third-order valence-corrected chi connectivity index (χ3v) is 2.29. The number of aromatic nitrogens is 3. The Kier molecular flexibility index (Phi) is 6.31. The molecule has 0 spiro atoms. The molecule has 0 atom stereocenters. The maximum absolute atomic E-state index is 11.5. The number of hydrogen-bond donors (Lipinski definition) is 0. The van der Waals surface area contributed by atoms with Gasteiger partial charge in [-0.25, -0.2) is 9.48 Å². The minimum absolute atomic E-state index is 0.190. The highest BCUT2D eigenvalue weighted by Crippen LogP contribution is 2.08. The van der Waals surface area contributed by atoms with Crippen LogP contribution in [0, 0.1) is 0 Å². The van der Waals surface area contributed by atoms with Gasteiger partial charge in [0.2, 0.25) is 0 Å². The Morgan fingerprint density at radius 2 is 2.11 bits per heavy atom. The first kappa shape index (κ1) is 14.6. The van der Waals surface area contributed by atoms with Crippen LogP contribution in [0.15, 0.2) is 0 Å². The summed E-state index contributed by atoms with van der Waals surface area (Å²) in [6, 6.07) is 0. The Labute approximate surface area is 106 Å². The molecule has 0 radical (unpaired) electrons. The molecule has 0 saturated carbocycles. The lowest BCUT2D eigenvalue weighted by atomic mass is 10.3. The molecule has 0 aliphatic rings. The van der Waals surface area contributed by atoms with Crippen molar-refractivity contribution >= 4 is 5.97 Å². The fourth-order valence-corrected chi connectivity index (χ4v) is 1.44. The first-order valence-electron chi connectivity index (χ1n) is 5.81. The van der Waals surface area contributed by atoms with Crippen LogP contribution in [-0.2, 0) is 27.4 Å². The summed E-state index contributed by atoms with van der Waals surface area (Å²) >= 11 is 0. The third kappa shape index (κ3) is 3.78. The van der Waals surface area contributed by atoms with Crippen molar-refractivity contribution in [2.24, 2.45) is 0 Å². The van der Waals surface area contributed by atoms with E-state index in [2.05, 4.69) is 15.0 Å². The van der Waals surface area contributed by atoms with E-state index in [-0.39, 0.29) is 12.3 Å². The average molecular weight is 257 g/mol. The molecule has 0 bridgehead atoms. The maximum Gasteiger partial charge on any atom is 0.360 e. The Morgan fingerprint density at radius 3 is 2.72 bits per heavy atom. The summed E-state index contributed by atoms with van der Waals surface area (Å²) in [4.78, 5) is 11.5. The van der Waals surface area contributed by atoms with Crippen molar-refractivity contribution in [2.45, 2.75) is 26.5 Å². The summed E-state index contributed by atoms with van der Waals surface area (Å²) in [6.07, 6.45) is 0.968. The number of esters is 1. The highest BCUT2D eigenvalue weighted by atomic mass is 16.5. The number of nitrogens with zero attached hydrogens (tertiary/aromatic N) is 3. The second-order valence-corrected chi connectivity index (χ2v) is 3.64. The monoisotopic (exact) mass is 257 g/mol. The van der Waals surface area contributed by atoms with Gasteiger partial charge >= 0.3 is 5.97 Å². The molecule has 18 heavy (non-hydrogen) atoms. The van der Waals surface area contributed by atoms with Gasteiger partial charge in [-0.15, -0.1) is 5.10 Å². The molecule has 1 aromatic heterocycles. The highest BCUT2D eigenvalue weighted by Gasteiger charge is 2.19. The largest absolute Gasteiger partial charge is 0.464 e. The van der Waals surface area contributed by atoms with Gasteiger partial charge in [0.1, 0.15) is 0 Å². The SMILES string of the molecule is CCCOCCn1nnc(C(=O)OC)c1COC. The molecule has 0 aromatic carbocycles. The van der Waals surface area contributed by atoms with E-state index in [4.69, 9.17) is 9.47 Å². The molecule has 0 N–H and O–H groups in total. The van der Waals surface area contributed by atoms with Crippen molar-refractivity contribution in [3.63, 3.8) is 0 Å². The molecule has 0 saturated heterocycles. The first-order chi connectivity index (χ1) is 8.74. The Hall–Kier alpha value is -1.47. The van der Waals surface area contributed by atoms with E-state index in [1.165, 1.54) is 7.11 Å². The number of carbonyl (C=O) groups is 1. The van der Waals surface area contributed by atoms with Crippen LogP contribution in [0.25, 0.3) is 0 Å². The van der Waals surface area contributed by atoms with Gasteiger partial charge in [-0.2, -0.15) is 0 Å². The van der Waals surface area contributed by atoms with E-state index in [0.29, 0.717) is 25.5 Å². The van der Waals surface area contributed by atoms with Crippen LogP contribution in [0.3, 0.4) is 0 Å². The normalized spacial score (nSPS) is 10.6. The molecule has 0 fully saturated rings. The second kappa shape index (κ2) is 7.78. The van der Waals surface area contributed by atoms with E-state index in [0.717, 1.165) is 6.42 Å². The van der Waals surface area contributed by atoms with Crippen molar-refractivity contribution in [3.8, 4) is 0 Å². The number of hydrogen-bond acceptors (Lipinski definition) is 6. The van der Waals surface area contributed by atoms with Gasteiger partial charge in [0, 0.05) is 13.7 Å². The third-order valence-electron chi connectivity index (χ3n) is 2.29. The Bertz CT molecular complexity index is 378. The zero-order valence-electron chi connectivity index (χ0n) is 11.0. The van der Waals surface area contributed by atoms with Gasteiger partial charge in [-0.3, -0.25) is 0 Å². The molecule has 1 rings (SSSR count).